The van der Waals surface area contributed by atoms with Crippen LogP contribution in [-0.4, -0.2) is 51.0 Å². The Morgan fingerprint density at radius 3 is 2.35 bits per heavy atom. The third kappa shape index (κ3) is 6.78. The Labute approximate surface area is 200 Å². The fraction of sp³-hybridized carbons (Fsp3) is 0.333. The first-order valence-corrected chi connectivity index (χ1v) is 12.9. The predicted molar refractivity (Wildman–Crippen MR) is 129 cm³/mol. The molecule has 31 heavy (non-hydrogen) atoms. The highest BCUT2D eigenvalue weighted by atomic mass is 79.9. The molecule has 1 unspecified atom stereocenters. The minimum Gasteiger partial charge on any atom is -0.357 e. The van der Waals surface area contributed by atoms with Crippen molar-refractivity contribution in [3.8, 4) is 0 Å². The van der Waals surface area contributed by atoms with Crippen LogP contribution < -0.4 is 9.62 Å². The van der Waals surface area contributed by atoms with Crippen LogP contribution in [0.15, 0.2) is 51.4 Å². The first kappa shape index (κ1) is 25.4. The summed E-state index contributed by atoms with van der Waals surface area (Å²) < 4.78 is 27.7. The van der Waals surface area contributed by atoms with Crippen molar-refractivity contribution in [3.63, 3.8) is 0 Å². The number of carbonyl (C=O) groups excluding carboxylic acids is 2. The van der Waals surface area contributed by atoms with E-state index in [0.717, 1.165) is 30.6 Å². The highest BCUT2D eigenvalue weighted by molar-refractivity contribution is 9.10. The Morgan fingerprint density at radius 2 is 1.81 bits per heavy atom. The zero-order valence-electron chi connectivity index (χ0n) is 17.7. The lowest BCUT2D eigenvalue weighted by atomic mass is 10.1. The molecule has 0 aliphatic carbocycles. The van der Waals surface area contributed by atoms with E-state index in [4.69, 9.17) is 0 Å². The molecule has 0 aromatic heterocycles. The summed E-state index contributed by atoms with van der Waals surface area (Å²) in [6.07, 6.45) is 1.05. The van der Waals surface area contributed by atoms with E-state index < -0.39 is 28.5 Å². The molecule has 0 saturated carbocycles. The van der Waals surface area contributed by atoms with Gasteiger partial charge in [0.15, 0.2) is 0 Å². The van der Waals surface area contributed by atoms with Gasteiger partial charge in [0.25, 0.3) is 0 Å². The Hall–Kier alpha value is -1.91. The lowest BCUT2D eigenvalue weighted by Gasteiger charge is -2.31. The van der Waals surface area contributed by atoms with E-state index >= 15 is 0 Å². The molecule has 0 aliphatic heterocycles. The molecule has 0 heterocycles. The maximum Gasteiger partial charge on any atom is 0.244 e. The molecule has 0 bridgehead atoms. The first-order chi connectivity index (χ1) is 14.4. The second-order valence-corrected chi connectivity index (χ2v) is 10.8. The van der Waals surface area contributed by atoms with Gasteiger partial charge in [-0.15, -0.1) is 0 Å². The minimum atomic E-state index is -3.74. The average molecular weight is 575 g/mol. The molecule has 0 saturated heterocycles. The standard InChI is InChI=1S/C21H25Br2N3O4S/c1-14-10-18(8-9-19(14)23)26(31(4,29)30)13-20(27)25(15(2)21(28)24-3)12-16-6-5-7-17(22)11-16/h5-11,15H,12-13H2,1-4H3,(H,24,28). The van der Waals surface area contributed by atoms with Crippen LogP contribution in [0, 0.1) is 6.92 Å². The van der Waals surface area contributed by atoms with E-state index in [9.17, 15) is 18.0 Å². The van der Waals surface area contributed by atoms with Gasteiger partial charge in [0.05, 0.1) is 11.9 Å². The molecule has 168 valence electrons. The number of sulfonamides is 1. The van der Waals surface area contributed by atoms with Gasteiger partial charge < -0.3 is 10.2 Å². The Morgan fingerprint density at radius 1 is 1.13 bits per heavy atom. The molecule has 0 spiro atoms. The summed E-state index contributed by atoms with van der Waals surface area (Å²) in [6.45, 7) is 3.19. The van der Waals surface area contributed by atoms with Crippen LogP contribution in [0.4, 0.5) is 5.69 Å². The van der Waals surface area contributed by atoms with Crippen molar-refractivity contribution < 1.29 is 18.0 Å². The van der Waals surface area contributed by atoms with Crippen LogP contribution >= 0.6 is 31.9 Å². The van der Waals surface area contributed by atoms with E-state index in [1.165, 1.54) is 11.9 Å². The molecular weight excluding hydrogens is 550 g/mol. The number of carbonyl (C=O) groups is 2. The summed E-state index contributed by atoms with van der Waals surface area (Å²) in [6, 6.07) is 11.7. The van der Waals surface area contributed by atoms with E-state index in [2.05, 4.69) is 37.2 Å². The fourth-order valence-electron chi connectivity index (χ4n) is 3.02. The molecular formula is C21H25Br2N3O4S. The van der Waals surface area contributed by atoms with Gasteiger partial charge in [-0.25, -0.2) is 8.42 Å². The van der Waals surface area contributed by atoms with Crippen LogP contribution in [0.3, 0.4) is 0 Å². The Balaban J connectivity index is 2.40. The van der Waals surface area contributed by atoms with Gasteiger partial charge in [0, 0.05) is 22.5 Å². The number of hydrogen-bond donors (Lipinski definition) is 1. The van der Waals surface area contributed by atoms with Gasteiger partial charge in [0.1, 0.15) is 12.6 Å². The predicted octanol–water partition coefficient (Wildman–Crippen LogP) is 3.45. The van der Waals surface area contributed by atoms with Crippen molar-refractivity contribution in [1.82, 2.24) is 10.2 Å². The van der Waals surface area contributed by atoms with Gasteiger partial charge in [-0.1, -0.05) is 44.0 Å². The molecule has 2 aromatic rings. The quantitative estimate of drug-likeness (QED) is 0.523. The summed E-state index contributed by atoms with van der Waals surface area (Å²) in [5.41, 5.74) is 2.03. The monoisotopic (exact) mass is 573 g/mol. The number of anilines is 1. The molecule has 7 nitrogen and oxygen atoms in total. The summed E-state index contributed by atoms with van der Waals surface area (Å²) in [5.74, 6) is -0.823. The molecule has 1 atom stereocenters. The van der Waals surface area contributed by atoms with E-state index in [0.29, 0.717) is 5.69 Å². The average Bonchev–Trinajstić information content (AvgIpc) is 2.70. The molecule has 2 rings (SSSR count). The number of amides is 2. The van der Waals surface area contributed by atoms with E-state index in [-0.39, 0.29) is 12.5 Å². The first-order valence-electron chi connectivity index (χ1n) is 9.43. The molecule has 0 aliphatic rings. The molecule has 0 radical (unpaired) electrons. The number of rotatable bonds is 8. The third-order valence-electron chi connectivity index (χ3n) is 4.76. The maximum absolute atomic E-state index is 13.3. The van der Waals surface area contributed by atoms with E-state index in [1.807, 2.05) is 31.2 Å². The van der Waals surface area contributed by atoms with Crippen LogP contribution in [0.25, 0.3) is 0 Å². The van der Waals surface area contributed by atoms with Crippen LogP contribution in [0.1, 0.15) is 18.1 Å². The van der Waals surface area contributed by atoms with Gasteiger partial charge in [0.2, 0.25) is 21.8 Å². The highest BCUT2D eigenvalue weighted by Gasteiger charge is 2.29. The number of hydrogen-bond acceptors (Lipinski definition) is 4. The largest absolute Gasteiger partial charge is 0.357 e. The van der Waals surface area contributed by atoms with Gasteiger partial charge in [-0.05, 0) is 55.3 Å². The zero-order chi connectivity index (χ0) is 23.3. The van der Waals surface area contributed by atoms with Crippen LogP contribution in [0.2, 0.25) is 0 Å². The van der Waals surface area contributed by atoms with Crippen molar-refractivity contribution in [1.29, 1.82) is 0 Å². The molecule has 2 aromatic carbocycles. The van der Waals surface area contributed by atoms with Gasteiger partial charge in [-0.2, -0.15) is 0 Å². The second-order valence-electron chi connectivity index (χ2n) is 7.14. The van der Waals surface area contributed by atoms with Crippen LogP contribution in [-0.2, 0) is 26.2 Å². The van der Waals surface area contributed by atoms with Gasteiger partial charge in [-0.3, -0.25) is 13.9 Å². The number of nitrogens with zero attached hydrogens (tertiary/aromatic N) is 2. The van der Waals surface area contributed by atoms with Crippen molar-refractivity contribution in [3.05, 3.63) is 62.5 Å². The van der Waals surface area contributed by atoms with Crippen LogP contribution in [0.5, 0.6) is 0 Å². The number of halogens is 2. The number of likely N-dealkylation sites (N-methyl/N-ethyl adjacent to an activating group) is 1. The summed E-state index contributed by atoms with van der Waals surface area (Å²) >= 11 is 6.80. The third-order valence-corrected chi connectivity index (χ3v) is 7.29. The Kier molecular flexibility index (Phi) is 8.67. The SMILES string of the molecule is CNC(=O)C(C)N(Cc1cccc(Br)c1)C(=O)CN(c1ccc(Br)c(C)c1)S(C)(=O)=O. The zero-order valence-corrected chi connectivity index (χ0v) is 21.7. The van der Waals surface area contributed by atoms with Crippen molar-refractivity contribution in [2.24, 2.45) is 0 Å². The highest BCUT2D eigenvalue weighted by Crippen LogP contribution is 2.25. The molecule has 2 amide bonds. The van der Waals surface area contributed by atoms with Gasteiger partial charge >= 0.3 is 0 Å². The fourth-order valence-corrected chi connectivity index (χ4v) is 4.56. The molecule has 1 N–H and O–H groups in total. The second kappa shape index (κ2) is 10.6. The van der Waals surface area contributed by atoms with Crippen molar-refractivity contribution in [2.75, 3.05) is 24.2 Å². The molecule has 0 fully saturated rings. The summed E-state index contributed by atoms with van der Waals surface area (Å²) in [4.78, 5) is 27.0. The summed E-state index contributed by atoms with van der Waals surface area (Å²) in [5, 5.41) is 2.55. The lowest BCUT2D eigenvalue weighted by Crippen LogP contribution is -2.50. The van der Waals surface area contributed by atoms with Crippen molar-refractivity contribution >= 4 is 59.4 Å². The summed E-state index contributed by atoms with van der Waals surface area (Å²) in [7, 11) is -2.25. The normalized spacial score (nSPS) is 12.2. The maximum atomic E-state index is 13.3. The minimum absolute atomic E-state index is 0.157. The number of aryl methyl sites for hydroxylation is 1. The topological polar surface area (TPSA) is 86.8 Å². The number of benzene rings is 2. The Bertz CT molecular complexity index is 1080. The molecule has 10 heteroatoms. The number of nitrogens with one attached hydrogen (secondary N) is 1. The lowest BCUT2D eigenvalue weighted by molar-refractivity contribution is -0.139. The van der Waals surface area contributed by atoms with Crippen molar-refractivity contribution in [2.45, 2.75) is 26.4 Å². The smallest absolute Gasteiger partial charge is 0.244 e. The van der Waals surface area contributed by atoms with E-state index in [1.54, 1.807) is 25.1 Å².